The minimum absolute atomic E-state index is 0.717. The molecule has 0 bridgehead atoms. The third kappa shape index (κ3) is 2.17. The van der Waals surface area contributed by atoms with E-state index in [1.807, 2.05) is 6.07 Å². The van der Waals surface area contributed by atoms with Gasteiger partial charge in [0.15, 0.2) is 5.82 Å². The second-order valence-corrected chi connectivity index (χ2v) is 7.14. The van der Waals surface area contributed by atoms with Gasteiger partial charge < -0.3 is 0 Å². The van der Waals surface area contributed by atoms with Gasteiger partial charge in [-0.3, -0.25) is 9.97 Å². The van der Waals surface area contributed by atoms with E-state index in [9.17, 15) is 0 Å². The zero-order valence-electron chi connectivity index (χ0n) is 12.2. The van der Waals surface area contributed by atoms with Crippen molar-refractivity contribution in [2.45, 2.75) is 0 Å². The molecular formula is C17H9N5S2. The molecule has 0 amide bonds. The van der Waals surface area contributed by atoms with E-state index in [0.717, 1.165) is 22.2 Å². The summed E-state index contributed by atoms with van der Waals surface area (Å²) in [5.41, 5.74) is 4.03. The van der Waals surface area contributed by atoms with Crippen LogP contribution in [0.3, 0.4) is 0 Å². The molecule has 0 spiro atoms. The lowest BCUT2D eigenvalue weighted by molar-refractivity contribution is 1.06. The number of hydrogen-bond donors (Lipinski definition) is 0. The lowest BCUT2D eigenvalue weighted by atomic mass is 10.1. The van der Waals surface area contributed by atoms with Gasteiger partial charge in [0.2, 0.25) is 0 Å². The maximum atomic E-state index is 4.39. The highest BCUT2D eigenvalue weighted by Crippen LogP contribution is 2.42. The van der Waals surface area contributed by atoms with Crippen LogP contribution in [0.1, 0.15) is 0 Å². The fraction of sp³-hybridized carbons (Fsp3) is 0. The Morgan fingerprint density at radius 3 is 2.54 bits per heavy atom. The maximum Gasteiger partial charge on any atom is 0.164 e. The first-order chi connectivity index (χ1) is 11.9. The van der Waals surface area contributed by atoms with Crippen LogP contribution in [0.4, 0.5) is 0 Å². The molecule has 1 aromatic carbocycles. The molecule has 0 aliphatic heterocycles. The van der Waals surface area contributed by atoms with Crippen molar-refractivity contribution in [1.29, 1.82) is 0 Å². The molecular weight excluding hydrogens is 338 g/mol. The van der Waals surface area contributed by atoms with Crippen molar-refractivity contribution < 1.29 is 0 Å². The Kier molecular flexibility index (Phi) is 3.07. The number of rotatable bonds is 2. The van der Waals surface area contributed by atoms with Crippen LogP contribution in [-0.4, -0.2) is 24.9 Å². The van der Waals surface area contributed by atoms with Crippen LogP contribution in [0.15, 0.2) is 54.7 Å². The number of benzene rings is 1. The third-order valence-electron chi connectivity index (χ3n) is 3.73. The molecule has 0 unspecified atom stereocenters. The number of thiophene rings is 2. The van der Waals surface area contributed by atoms with Crippen LogP contribution in [0.5, 0.6) is 0 Å². The van der Waals surface area contributed by atoms with Crippen LogP contribution in [0, 0.1) is 0 Å². The van der Waals surface area contributed by atoms with E-state index in [1.165, 1.54) is 26.9 Å². The van der Waals surface area contributed by atoms with Crippen molar-refractivity contribution in [3.8, 4) is 21.8 Å². The summed E-state index contributed by atoms with van der Waals surface area (Å²) in [5, 5.41) is 2.10. The largest absolute Gasteiger partial charge is 0.253 e. The monoisotopic (exact) mass is 347 g/mol. The minimum atomic E-state index is 0.717. The first-order valence-corrected chi connectivity index (χ1v) is 8.93. The van der Waals surface area contributed by atoms with E-state index >= 15 is 0 Å². The van der Waals surface area contributed by atoms with Crippen LogP contribution in [0.2, 0.25) is 0 Å². The van der Waals surface area contributed by atoms with Crippen LogP contribution >= 0.6 is 22.7 Å². The number of fused-ring (bicyclic) bond motifs is 2. The molecule has 0 aliphatic rings. The Labute approximate surface area is 144 Å². The fourth-order valence-corrected chi connectivity index (χ4v) is 4.97. The zero-order valence-corrected chi connectivity index (χ0v) is 13.9. The summed E-state index contributed by atoms with van der Waals surface area (Å²) in [5.74, 6) is 0.717. The molecule has 0 N–H and O–H groups in total. The predicted molar refractivity (Wildman–Crippen MR) is 97.1 cm³/mol. The van der Waals surface area contributed by atoms with Crippen molar-refractivity contribution in [1.82, 2.24) is 24.9 Å². The highest BCUT2D eigenvalue weighted by molar-refractivity contribution is 7.29. The van der Waals surface area contributed by atoms with E-state index in [0.29, 0.717) is 5.82 Å². The molecule has 5 nitrogen and oxygen atoms in total. The molecule has 7 heteroatoms. The molecule has 24 heavy (non-hydrogen) atoms. The molecule has 0 aliphatic carbocycles. The van der Waals surface area contributed by atoms with Crippen molar-refractivity contribution in [3.63, 3.8) is 0 Å². The Bertz CT molecular complexity index is 1160. The molecule has 4 heterocycles. The standard InChI is InChI=1S/C17H9N5S2/c1-2-12-13(20-4-3-19-12)5-10(1)14-6-15-16(24-14)11(7-23-15)17-21-8-18-9-22-17/h1-9H. The van der Waals surface area contributed by atoms with E-state index in [-0.39, 0.29) is 0 Å². The lowest BCUT2D eigenvalue weighted by Crippen LogP contribution is -1.86. The van der Waals surface area contributed by atoms with E-state index in [2.05, 4.69) is 48.5 Å². The molecule has 4 aromatic heterocycles. The fourth-order valence-electron chi connectivity index (χ4n) is 2.62. The van der Waals surface area contributed by atoms with E-state index in [4.69, 9.17) is 0 Å². The molecule has 0 fully saturated rings. The summed E-state index contributed by atoms with van der Waals surface area (Å²) in [4.78, 5) is 22.3. The summed E-state index contributed by atoms with van der Waals surface area (Å²) in [7, 11) is 0. The van der Waals surface area contributed by atoms with Gasteiger partial charge in [-0.1, -0.05) is 6.07 Å². The number of aromatic nitrogens is 5. The van der Waals surface area contributed by atoms with Gasteiger partial charge in [-0.05, 0) is 23.8 Å². The smallest absolute Gasteiger partial charge is 0.164 e. The zero-order chi connectivity index (χ0) is 15.9. The summed E-state index contributed by atoms with van der Waals surface area (Å²) in [6.07, 6.45) is 6.49. The summed E-state index contributed by atoms with van der Waals surface area (Å²) >= 11 is 3.46. The van der Waals surface area contributed by atoms with Crippen molar-refractivity contribution >= 4 is 43.1 Å². The van der Waals surface area contributed by atoms with Crippen LogP contribution < -0.4 is 0 Å². The van der Waals surface area contributed by atoms with Crippen molar-refractivity contribution in [2.24, 2.45) is 0 Å². The first kappa shape index (κ1) is 13.6. The Hall–Kier alpha value is -2.77. The van der Waals surface area contributed by atoms with Gasteiger partial charge in [-0.2, -0.15) is 0 Å². The number of hydrogen-bond acceptors (Lipinski definition) is 7. The topological polar surface area (TPSA) is 64.5 Å². The van der Waals surface area contributed by atoms with Gasteiger partial charge in [0.1, 0.15) is 12.7 Å². The van der Waals surface area contributed by atoms with E-state index < -0.39 is 0 Å². The quantitative estimate of drug-likeness (QED) is 0.473. The second kappa shape index (κ2) is 5.40. The van der Waals surface area contributed by atoms with Gasteiger partial charge in [0.05, 0.1) is 15.7 Å². The molecule has 0 saturated carbocycles. The summed E-state index contributed by atoms with van der Waals surface area (Å²) in [6.45, 7) is 0. The van der Waals surface area contributed by atoms with Crippen molar-refractivity contribution in [2.75, 3.05) is 0 Å². The van der Waals surface area contributed by atoms with Gasteiger partial charge >= 0.3 is 0 Å². The average Bonchev–Trinajstić information content (AvgIpc) is 3.23. The minimum Gasteiger partial charge on any atom is -0.253 e. The van der Waals surface area contributed by atoms with Crippen molar-refractivity contribution in [3.05, 3.63) is 54.7 Å². The highest BCUT2D eigenvalue weighted by atomic mass is 32.1. The molecule has 114 valence electrons. The second-order valence-electron chi connectivity index (χ2n) is 5.18. The van der Waals surface area contributed by atoms with Gasteiger partial charge in [0, 0.05) is 32.9 Å². The van der Waals surface area contributed by atoms with Gasteiger partial charge in [-0.25, -0.2) is 15.0 Å². The first-order valence-electron chi connectivity index (χ1n) is 7.23. The molecule has 0 saturated heterocycles. The Balaban J connectivity index is 1.66. The van der Waals surface area contributed by atoms with Gasteiger partial charge in [0.25, 0.3) is 0 Å². The van der Waals surface area contributed by atoms with Crippen LogP contribution in [0.25, 0.3) is 42.3 Å². The lowest BCUT2D eigenvalue weighted by Gasteiger charge is -2.00. The molecule has 5 aromatic rings. The summed E-state index contributed by atoms with van der Waals surface area (Å²) < 4.78 is 2.45. The average molecular weight is 347 g/mol. The normalized spacial score (nSPS) is 11.3. The molecule has 0 radical (unpaired) electrons. The number of nitrogens with zero attached hydrogens (tertiary/aromatic N) is 5. The highest BCUT2D eigenvalue weighted by Gasteiger charge is 2.14. The maximum absolute atomic E-state index is 4.39. The SMILES string of the molecule is c1ncnc(-c2csc3cc(-c4ccc5nccnc5c4)sc23)n1. The van der Waals surface area contributed by atoms with Gasteiger partial charge in [-0.15, -0.1) is 22.7 Å². The van der Waals surface area contributed by atoms with Crippen LogP contribution in [-0.2, 0) is 0 Å². The van der Waals surface area contributed by atoms with E-state index in [1.54, 1.807) is 35.1 Å². The predicted octanol–water partition coefficient (Wildman–Crippen LogP) is 4.43. The Morgan fingerprint density at radius 1 is 0.833 bits per heavy atom. The Morgan fingerprint density at radius 2 is 1.67 bits per heavy atom. The molecule has 0 atom stereocenters. The third-order valence-corrected chi connectivity index (χ3v) is 6.01. The molecule has 5 rings (SSSR count). The summed E-state index contributed by atoms with van der Waals surface area (Å²) in [6, 6.07) is 8.40.